The maximum atomic E-state index is 5.82. The highest BCUT2D eigenvalue weighted by molar-refractivity contribution is 8.22. The average molecular weight is 289 g/mol. The first-order valence-electron chi connectivity index (χ1n) is 5.38. The molecule has 5 heteroatoms. The fraction of sp³-hybridized carbons (Fsp3) is 0.417. The van der Waals surface area contributed by atoms with Crippen LogP contribution in [0.1, 0.15) is 5.56 Å². The second kappa shape index (κ2) is 7.93. The molecule has 0 aliphatic carbocycles. The van der Waals surface area contributed by atoms with E-state index in [1.165, 1.54) is 5.56 Å². The summed E-state index contributed by atoms with van der Waals surface area (Å²) in [6.07, 6.45) is 0. The highest BCUT2D eigenvalue weighted by Crippen LogP contribution is 2.10. The van der Waals surface area contributed by atoms with Crippen molar-refractivity contribution in [3.05, 3.63) is 34.9 Å². The monoisotopic (exact) mass is 288 g/mol. The number of benzene rings is 1. The van der Waals surface area contributed by atoms with Crippen LogP contribution in [0.2, 0.25) is 5.02 Å². The summed E-state index contributed by atoms with van der Waals surface area (Å²) in [6, 6.07) is 7.78. The number of nitrogens with one attached hydrogen (secondary N) is 1. The Labute approximate surface area is 118 Å². The highest BCUT2D eigenvalue weighted by atomic mass is 35.5. The van der Waals surface area contributed by atoms with Gasteiger partial charge in [-0.15, -0.1) is 0 Å². The Morgan fingerprint density at radius 2 is 2.00 bits per heavy atom. The number of thioether (sulfide) groups is 1. The topological polar surface area (TPSA) is 15.3 Å². The van der Waals surface area contributed by atoms with Crippen molar-refractivity contribution in [1.82, 2.24) is 10.2 Å². The molecule has 1 aromatic carbocycles. The molecule has 94 valence electrons. The number of halogens is 1. The van der Waals surface area contributed by atoms with Crippen molar-refractivity contribution >= 4 is 39.9 Å². The summed E-state index contributed by atoms with van der Waals surface area (Å²) in [5, 5.41) is 3.99. The van der Waals surface area contributed by atoms with Gasteiger partial charge in [0.1, 0.15) is 4.32 Å². The lowest BCUT2D eigenvalue weighted by atomic mass is 10.2. The number of nitrogens with zero attached hydrogens (tertiary/aromatic N) is 1. The summed E-state index contributed by atoms with van der Waals surface area (Å²) < 4.78 is 0.849. The van der Waals surface area contributed by atoms with E-state index in [9.17, 15) is 0 Å². The molecule has 0 aromatic heterocycles. The van der Waals surface area contributed by atoms with Crippen molar-refractivity contribution in [3.8, 4) is 0 Å². The van der Waals surface area contributed by atoms with Crippen molar-refractivity contribution in [2.75, 3.05) is 26.4 Å². The summed E-state index contributed by atoms with van der Waals surface area (Å²) in [5.74, 6) is 1.01. The lowest BCUT2D eigenvalue weighted by Crippen LogP contribution is -2.21. The van der Waals surface area contributed by atoms with Gasteiger partial charge < -0.3 is 10.2 Å². The van der Waals surface area contributed by atoms with Crippen LogP contribution in [0.5, 0.6) is 0 Å². The highest BCUT2D eigenvalue weighted by Gasteiger charge is 1.99. The molecule has 0 atom stereocenters. The molecule has 0 radical (unpaired) electrons. The van der Waals surface area contributed by atoms with Crippen LogP contribution in [-0.2, 0) is 6.54 Å². The molecule has 0 bridgehead atoms. The van der Waals surface area contributed by atoms with Crippen molar-refractivity contribution in [1.29, 1.82) is 0 Å². The van der Waals surface area contributed by atoms with Crippen molar-refractivity contribution in [2.45, 2.75) is 6.54 Å². The van der Waals surface area contributed by atoms with Gasteiger partial charge in [-0.25, -0.2) is 0 Å². The van der Waals surface area contributed by atoms with E-state index in [0.717, 1.165) is 28.2 Å². The van der Waals surface area contributed by atoms with E-state index in [1.807, 2.05) is 24.3 Å². The summed E-state index contributed by atoms with van der Waals surface area (Å²) >= 11 is 12.7. The van der Waals surface area contributed by atoms with Gasteiger partial charge in [-0.1, -0.05) is 47.7 Å². The normalized spacial score (nSPS) is 10.6. The summed E-state index contributed by atoms with van der Waals surface area (Å²) in [7, 11) is 4.12. The van der Waals surface area contributed by atoms with Crippen LogP contribution < -0.4 is 5.32 Å². The second-order valence-electron chi connectivity index (χ2n) is 3.92. The Balaban J connectivity index is 2.21. The molecule has 1 N–H and O–H groups in total. The maximum Gasteiger partial charge on any atom is 0.134 e. The quantitative estimate of drug-likeness (QED) is 0.838. The van der Waals surface area contributed by atoms with Gasteiger partial charge in [0, 0.05) is 23.9 Å². The van der Waals surface area contributed by atoms with Crippen molar-refractivity contribution in [3.63, 3.8) is 0 Å². The first-order chi connectivity index (χ1) is 8.08. The summed E-state index contributed by atoms with van der Waals surface area (Å²) in [4.78, 5) is 2.15. The molecule has 2 nitrogen and oxygen atoms in total. The lowest BCUT2D eigenvalue weighted by molar-refractivity contribution is 0.437. The fourth-order valence-corrected chi connectivity index (χ4v) is 2.41. The minimum atomic E-state index is 0.755. The van der Waals surface area contributed by atoms with E-state index in [0.29, 0.717) is 0 Å². The van der Waals surface area contributed by atoms with Gasteiger partial charge in [0.2, 0.25) is 0 Å². The van der Waals surface area contributed by atoms with Crippen LogP contribution >= 0.6 is 35.6 Å². The van der Waals surface area contributed by atoms with E-state index in [2.05, 4.69) is 24.3 Å². The molecule has 17 heavy (non-hydrogen) atoms. The van der Waals surface area contributed by atoms with Crippen LogP contribution in [0.25, 0.3) is 0 Å². The Morgan fingerprint density at radius 3 is 2.59 bits per heavy atom. The smallest absolute Gasteiger partial charge is 0.134 e. The van der Waals surface area contributed by atoms with Gasteiger partial charge in [-0.3, -0.25) is 0 Å². The molecular weight excluding hydrogens is 272 g/mol. The van der Waals surface area contributed by atoms with Crippen LogP contribution in [0.4, 0.5) is 0 Å². The first kappa shape index (κ1) is 14.8. The molecule has 0 heterocycles. The average Bonchev–Trinajstić information content (AvgIpc) is 2.28. The van der Waals surface area contributed by atoms with Crippen LogP contribution in [0, 0.1) is 0 Å². The predicted octanol–water partition coefficient (Wildman–Crippen LogP) is 3.01. The molecule has 0 saturated carbocycles. The third-order valence-electron chi connectivity index (χ3n) is 2.12. The van der Waals surface area contributed by atoms with Crippen molar-refractivity contribution in [2.24, 2.45) is 0 Å². The Bertz CT molecular complexity index is 352. The number of rotatable bonds is 5. The maximum absolute atomic E-state index is 5.82. The molecule has 1 rings (SSSR count). The van der Waals surface area contributed by atoms with Gasteiger partial charge in [-0.05, 0) is 31.8 Å². The molecule has 0 spiro atoms. The van der Waals surface area contributed by atoms with Gasteiger partial charge in [0.05, 0.1) is 0 Å². The SMILES string of the molecule is CN(C)CCSC(=S)NCc1ccc(Cl)cc1. The van der Waals surface area contributed by atoms with Gasteiger partial charge in [0.15, 0.2) is 0 Å². The van der Waals surface area contributed by atoms with E-state index in [4.69, 9.17) is 23.8 Å². The zero-order valence-corrected chi connectivity index (χ0v) is 12.5. The number of thiocarbonyl (C=S) groups is 1. The standard InChI is InChI=1S/C12H17ClN2S2/c1-15(2)7-8-17-12(16)14-9-10-3-5-11(13)6-4-10/h3-6H,7-9H2,1-2H3,(H,14,16). The Kier molecular flexibility index (Phi) is 6.89. The van der Waals surface area contributed by atoms with Gasteiger partial charge >= 0.3 is 0 Å². The molecule has 0 fully saturated rings. The van der Waals surface area contributed by atoms with E-state index in [1.54, 1.807) is 11.8 Å². The third-order valence-corrected chi connectivity index (χ3v) is 3.66. The predicted molar refractivity (Wildman–Crippen MR) is 81.9 cm³/mol. The molecule has 0 unspecified atom stereocenters. The third kappa shape index (κ3) is 6.88. The summed E-state index contributed by atoms with van der Waals surface area (Å²) in [5.41, 5.74) is 1.19. The minimum Gasteiger partial charge on any atom is -0.367 e. The molecule has 0 saturated heterocycles. The molecule has 1 aromatic rings. The van der Waals surface area contributed by atoms with Gasteiger partial charge in [0.25, 0.3) is 0 Å². The Hall–Kier alpha value is -0.290. The lowest BCUT2D eigenvalue weighted by Gasteiger charge is -2.10. The molecular formula is C12H17ClN2S2. The van der Waals surface area contributed by atoms with Crippen LogP contribution in [0.3, 0.4) is 0 Å². The molecule has 0 aliphatic rings. The Morgan fingerprint density at radius 1 is 1.35 bits per heavy atom. The van der Waals surface area contributed by atoms with Crippen LogP contribution in [-0.4, -0.2) is 35.6 Å². The van der Waals surface area contributed by atoms with E-state index >= 15 is 0 Å². The summed E-state index contributed by atoms with van der Waals surface area (Å²) in [6.45, 7) is 1.79. The van der Waals surface area contributed by atoms with Gasteiger partial charge in [-0.2, -0.15) is 0 Å². The zero-order valence-electron chi connectivity index (χ0n) is 10.1. The minimum absolute atomic E-state index is 0.755. The zero-order chi connectivity index (χ0) is 12.7. The fourth-order valence-electron chi connectivity index (χ4n) is 1.15. The van der Waals surface area contributed by atoms with Crippen LogP contribution in [0.15, 0.2) is 24.3 Å². The first-order valence-corrected chi connectivity index (χ1v) is 7.15. The molecule has 0 aliphatic heterocycles. The van der Waals surface area contributed by atoms with Crippen molar-refractivity contribution < 1.29 is 0 Å². The number of hydrogen-bond donors (Lipinski definition) is 1. The van der Waals surface area contributed by atoms with E-state index in [-0.39, 0.29) is 0 Å². The molecule has 0 amide bonds. The van der Waals surface area contributed by atoms with E-state index < -0.39 is 0 Å². The second-order valence-corrected chi connectivity index (χ2v) is 6.13. The number of hydrogen-bond acceptors (Lipinski definition) is 3. The largest absolute Gasteiger partial charge is 0.367 e.